The number of nitrogens with one attached hydrogen (secondary N) is 1. The first-order chi connectivity index (χ1) is 11.5. The molecule has 0 aliphatic heterocycles. The normalized spacial score (nSPS) is 11.3. The molecule has 0 aliphatic carbocycles. The molecule has 0 fully saturated rings. The summed E-state index contributed by atoms with van der Waals surface area (Å²) in [5.74, 6) is -1.40. The Morgan fingerprint density at radius 3 is 2.29 bits per heavy atom. The number of anilines is 1. The molecule has 24 heavy (non-hydrogen) atoms. The zero-order valence-corrected chi connectivity index (χ0v) is 13.5. The van der Waals surface area contributed by atoms with Crippen LogP contribution in [0.15, 0.2) is 66.7 Å². The van der Waals surface area contributed by atoms with E-state index >= 15 is 0 Å². The highest BCUT2D eigenvalue weighted by Crippen LogP contribution is 2.27. The zero-order valence-electron chi connectivity index (χ0n) is 12.6. The highest BCUT2D eigenvalue weighted by Gasteiger charge is 2.19. The minimum absolute atomic E-state index is 0.0512. The van der Waals surface area contributed by atoms with Crippen molar-refractivity contribution >= 4 is 32.5 Å². The average molecular weight is 341 g/mol. The fraction of sp³-hybridized carbons (Fsp3) is 0.0556. The number of benzene rings is 3. The molecule has 0 atom stereocenters. The molecule has 0 unspecified atom stereocenters. The Morgan fingerprint density at radius 1 is 0.917 bits per heavy atom. The second-order valence-corrected chi connectivity index (χ2v) is 7.08. The monoisotopic (exact) mass is 341 g/mol. The lowest BCUT2D eigenvalue weighted by atomic mass is 10.0. The number of hydrogen-bond acceptors (Lipinski definition) is 3. The summed E-state index contributed by atoms with van der Waals surface area (Å²) in [6.07, 6.45) is 0. The Kier molecular flexibility index (Phi) is 4.22. The molecule has 5 nitrogen and oxygen atoms in total. The van der Waals surface area contributed by atoms with Crippen molar-refractivity contribution in [3.8, 4) is 0 Å². The van der Waals surface area contributed by atoms with Crippen molar-refractivity contribution in [2.45, 2.75) is 5.75 Å². The Labute approximate surface area is 139 Å². The first-order valence-corrected chi connectivity index (χ1v) is 8.91. The van der Waals surface area contributed by atoms with Crippen LogP contribution in [-0.2, 0) is 15.8 Å². The van der Waals surface area contributed by atoms with Crippen LogP contribution in [-0.4, -0.2) is 19.5 Å². The van der Waals surface area contributed by atoms with Gasteiger partial charge in [0, 0.05) is 0 Å². The second-order valence-electron chi connectivity index (χ2n) is 5.36. The van der Waals surface area contributed by atoms with Crippen molar-refractivity contribution in [1.82, 2.24) is 0 Å². The minimum Gasteiger partial charge on any atom is -0.478 e. The molecule has 0 radical (unpaired) electrons. The molecule has 0 aromatic heterocycles. The van der Waals surface area contributed by atoms with Crippen LogP contribution in [0.3, 0.4) is 0 Å². The van der Waals surface area contributed by atoms with E-state index in [4.69, 9.17) is 0 Å². The first kappa shape index (κ1) is 16.0. The van der Waals surface area contributed by atoms with Crippen molar-refractivity contribution < 1.29 is 18.3 Å². The average Bonchev–Trinajstić information content (AvgIpc) is 2.54. The van der Waals surface area contributed by atoms with Crippen LogP contribution >= 0.6 is 0 Å². The zero-order chi connectivity index (χ0) is 17.2. The van der Waals surface area contributed by atoms with Gasteiger partial charge in [-0.05, 0) is 22.4 Å². The fourth-order valence-corrected chi connectivity index (χ4v) is 3.79. The molecule has 0 saturated heterocycles. The van der Waals surface area contributed by atoms with Gasteiger partial charge in [0.15, 0.2) is 0 Å². The van der Waals surface area contributed by atoms with E-state index in [0.29, 0.717) is 10.9 Å². The number of fused-ring (bicyclic) bond motifs is 1. The van der Waals surface area contributed by atoms with E-state index in [1.165, 1.54) is 6.07 Å². The standard InChI is InChI=1S/C18H15NO4S/c20-18(21)17-15-9-5-4-8-14(15)10-11-16(17)19-24(22,23)12-13-6-2-1-3-7-13/h1-11,19H,12H2,(H,20,21). The maximum atomic E-state index is 12.4. The summed E-state index contributed by atoms with van der Waals surface area (Å²) in [5.41, 5.74) is 0.643. The van der Waals surface area contributed by atoms with Crippen LogP contribution in [0, 0.1) is 0 Å². The lowest BCUT2D eigenvalue weighted by Gasteiger charge is -2.13. The van der Waals surface area contributed by atoms with Gasteiger partial charge in [-0.25, -0.2) is 13.2 Å². The molecule has 0 saturated carbocycles. The van der Waals surface area contributed by atoms with Gasteiger partial charge in [0.2, 0.25) is 10.0 Å². The third-order valence-corrected chi connectivity index (χ3v) is 4.85. The molecular formula is C18H15NO4S. The van der Waals surface area contributed by atoms with Gasteiger partial charge in [0.1, 0.15) is 0 Å². The number of rotatable bonds is 5. The van der Waals surface area contributed by atoms with Gasteiger partial charge in [-0.2, -0.15) is 0 Å². The number of sulfonamides is 1. The van der Waals surface area contributed by atoms with Crippen LogP contribution in [0.2, 0.25) is 0 Å². The summed E-state index contributed by atoms with van der Waals surface area (Å²) < 4.78 is 27.2. The topological polar surface area (TPSA) is 83.5 Å². The summed E-state index contributed by atoms with van der Waals surface area (Å²) in [6.45, 7) is 0. The van der Waals surface area contributed by atoms with Crippen LogP contribution in [0.25, 0.3) is 10.8 Å². The van der Waals surface area contributed by atoms with Gasteiger partial charge < -0.3 is 5.11 Å². The van der Waals surface area contributed by atoms with Gasteiger partial charge in [-0.1, -0.05) is 60.7 Å². The first-order valence-electron chi connectivity index (χ1n) is 7.26. The van der Waals surface area contributed by atoms with E-state index in [0.717, 1.165) is 5.39 Å². The molecule has 3 rings (SSSR count). The molecule has 6 heteroatoms. The highest BCUT2D eigenvalue weighted by atomic mass is 32.2. The maximum Gasteiger partial charge on any atom is 0.338 e. The number of carboxylic acids is 1. The van der Waals surface area contributed by atoms with Crippen LogP contribution in [0.1, 0.15) is 15.9 Å². The van der Waals surface area contributed by atoms with Crippen molar-refractivity contribution in [1.29, 1.82) is 0 Å². The van der Waals surface area contributed by atoms with E-state index in [2.05, 4.69) is 4.72 Å². The number of carboxylic acid groups (broad SMARTS) is 1. The van der Waals surface area contributed by atoms with E-state index < -0.39 is 16.0 Å². The highest BCUT2D eigenvalue weighted by molar-refractivity contribution is 7.91. The minimum atomic E-state index is -3.73. The third-order valence-electron chi connectivity index (χ3n) is 3.61. The lowest BCUT2D eigenvalue weighted by molar-refractivity contribution is 0.0700. The predicted octanol–water partition coefficient (Wildman–Crippen LogP) is 3.48. The smallest absolute Gasteiger partial charge is 0.338 e. The van der Waals surface area contributed by atoms with Crippen LogP contribution < -0.4 is 4.72 Å². The fourth-order valence-electron chi connectivity index (χ4n) is 2.58. The van der Waals surface area contributed by atoms with Crippen LogP contribution in [0.4, 0.5) is 5.69 Å². The van der Waals surface area contributed by atoms with Gasteiger partial charge in [-0.15, -0.1) is 0 Å². The number of hydrogen-bond donors (Lipinski definition) is 2. The Balaban J connectivity index is 2.00. The van der Waals surface area contributed by atoms with E-state index in [1.54, 1.807) is 60.7 Å². The van der Waals surface area contributed by atoms with E-state index in [1.807, 2.05) is 0 Å². The third kappa shape index (κ3) is 3.38. The molecule has 0 bridgehead atoms. The molecule has 0 aliphatic rings. The van der Waals surface area contributed by atoms with E-state index in [-0.39, 0.29) is 17.0 Å². The molecule has 3 aromatic rings. The summed E-state index contributed by atoms with van der Waals surface area (Å²) >= 11 is 0. The summed E-state index contributed by atoms with van der Waals surface area (Å²) in [5, 5.41) is 10.7. The molecule has 0 amide bonds. The second kappa shape index (κ2) is 6.33. The Hall–Kier alpha value is -2.86. The summed E-state index contributed by atoms with van der Waals surface area (Å²) in [6, 6.07) is 18.9. The van der Waals surface area contributed by atoms with Gasteiger partial charge in [0.05, 0.1) is 17.0 Å². The lowest BCUT2D eigenvalue weighted by Crippen LogP contribution is -2.17. The Bertz CT molecular complexity index is 998. The summed E-state index contributed by atoms with van der Waals surface area (Å²) in [7, 11) is -3.73. The van der Waals surface area contributed by atoms with Gasteiger partial charge in [0.25, 0.3) is 0 Å². The summed E-state index contributed by atoms with van der Waals surface area (Å²) in [4.78, 5) is 11.6. The van der Waals surface area contributed by atoms with Crippen molar-refractivity contribution in [2.24, 2.45) is 0 Å². The van der Waals surface area contributed by atoms with Crippen LogP contribution in [0.5, 0.6) is 0 Å². The molecule has 2 N–H and O–H groups in total. The van der Waals surface area contributed by atoms with Crippen molar-refractivity contribution in [3.63, 3.8) is 0 Å². The quantitative estimate of drug-likeness (QED) is 0.744. The van der Waals surface area contributed by atoms with Gasteiger partial charge >= 0.3 is 5.97 Å². The van der Waals surface area contributed by atoms with Crippen molar-refractivity contribution in [2.75, 3.05) is 4.72 Å². The number of aromatic carboxylic acids is 1. The maximum absolute atomic E-state index is 12.4. The molecule has 0 spiro atoms. The van der Waals surface area contributed by atoms with E-state index in [9.17, 15) is 18.3 Å². The molecular weight excluding hydrogens is 326 g/mol. The molecule has 122 valence electrons. The van der Waals surface area contributed by atoms with Gasteiger partial charge in [-0.3, -0.25) is 4.72 Å². The predicted molar refractivity (Wildman–Crippen MR) is 93.6 cm³/mol. The Morgan fingerprint density at radius 2 is 1.58 bits per heavy atom. The van der Waals surface area contributed by atoms with Crippen molar-refractivity contribution in [3.05, 3.63) is 77.9 Å². The largest absolute Gasteiger partial charge is 0.478 e. The molecule has 0 heterocycles. The SMILES string of the molecule is O=C(O)c1c(NS(=O)(=O)Cc2ccccc2)ccc2ccccc12. The molecule has 3 aromatic carbocycles. The number of carbonyl (C=O) groups is 1.